The van der Waals surface area contributed by atoms with Crippen LogP contribution < -0.4 is 0 Å². The lowest BCUT2D eigenvalue weighted by molar-refractivity contribution is -0.981. The van der Waals surface area contributed by atoms with Crippen molar-refractivity contribution in [2.45, 2.75) is 38.0 Å². The van der Waals surface area contributed by atoms with E-state index < -0.39 is 6.10 Å². The molecule has 0 aliphatic carbocycles. The Morgan fingerprint density at radius 3 is 2.37 bits per heavy atom. The van der Waals surface area contributed by atoms with Gasteiger partial charge < -0.3 is 9.59 Å². The Labute approximate surface area is 161 Å². The van der Waals surface area contributed by atoms with Gasteiger partial charge in [-0.2, -0.15) is 0 Å². The number of aliphatic hydroxyl groups is 1. The minimum atomic E-state index is -0.400. The second-order valence-electron chi connectivity index (χ2n) is 8.57. The second kappa shape index (κ2) is 6.78. The van der Waals surface area contributed by atoms with Crippen molar-refractivity contribution in [3.63, 3.8) is 0 Å². The predicted molar refractivity (Wildman–Crippen MR) is 110 cm³/mol. The Bertz CT molecular complexity index is 922. The zero-order chi connectivity index (χ0) is 18.3. The molecule has 2 bridgehead atoms. The maximum absolute atomic E-state index is 11.6. The van der Waals surface area contributed by atoms with E-state index in [1.165, 1.54) is 42.3 Å². The molecule has 0 unspecified atom stereocenters. The van der Waals surface area contributed by atoms with E-state index in [-0.39, 0.29) is 0 Å². The first-order valence-electron chi connectivity index (χ1n) is 10.3. The van der Waals surface area contributed by atoms with E-state index >= 15 is 0 Å². The Hall–Kier alpha value is -2.16. The molecule has 0 amide bonds. The van der Waals surface area contributed by atoms with E-state index in [9.17, 15) is 5.11 Å². The van der Waals surface area contributed by atoms with Crippen molar-refractivity contribution in [1.29, 1.82) is 0 Å². The molecule has 3 aromatic carbocycles. The number of piperidine rings is 3. The fourth-order valence-electron chi connectivity index (χ4n) is 5.63. The van der Waals surface area contributed by atoms with Gasteiger partial charge in [-0.05, 0) is 35.1 Å². The normalized spacial score (nSPS) is 28.3. The summed E-state index contributed by atoms with van der Waals surface area (Å²) in [5.74, 6) is 0.787. The van der Waals surface area contributed by atoms with Gasteiger partial charge >= 0.3 is 0 Å². The van der Waals surface area contributed by atoms with Gasteiger partial charge in [0.05, 0.1) is 13.1 Å². The van der Waals surface area contributed by atoms with Crippen LogP contribution in [0.2, 0.25) is 0 Å². The van der Waals surface area contributed by atoms with Crippen molar-refractivity contribution >= 4 is 10.8 Å². The third-order valence-electron chi connectivity index (χ3n) is 7.09. The fraction of sp³-hybridized carbons (Fsp3) is 0.360. The zero-order valence-corrected chi connectivity index (χ0v) is 15.8. The molecular formula is C25H28NO+. The summed E-state index contributed by atoms with van der Waals surface area (Å²) in [6.45, 7) is 3.44. The van der Waals surface area contributed by atoms with Crippen molar-refractivity contribution in [2.24, 2.45) is 5.92 Å². The Morgan fingerprint density at radius 2 is 1.56 bits per heavy atom. The standard InChI is InChI=1S/C25H28NO/c27-25(23-12-6-10-21-9-4-5-11-22(21)23)24-17-19-13-15-26(24,16-14-19)18-20-7-2-1-3-8-20/h1-12,19,24-25,27H,13-18H2/q+1/t19?,24-,25+,26?/m1/s1. The molecule has 2 atom stereocenters. The molecule has 3 fully saturated rings. The van der Waals surface area contributed by atoms with Gasteiger partial charge in [-0.1, -0.05) is 72.8 Å². The maximum Gasteiger partial charge on any atom is 0.131 e. The van der Waals surface area contributed by atoms with Gasteiger partial charge in [0.2, 0.25) is 0 Å². The molecule has 3 heterocycles. The highest BCUT2D eigenvalue weighted by Gasteiger charge is 2.50. The van der Waals surface area contributed by atoms with E-state index in [1.54, 1.807) is 0 Å². The molecule has 0 spiro atoms. The largest absolute Gasteiger partial charge is 0.382 e. The van der Waals surface area contributed by atoms with Crippen LogP contribution in [0.25, 0.3) is 10.8 Å². The number of nitrogens with zero attached hydrogens (tertiary/aromatic N) is 1. The lowest BCUT2D eigenvalue weighted by Gasteiger charge is -2.55. The van der Waals surface area contributed by atoms with Gasteiger partial charge in [-0.15, -0.1) is 0 Å². The number of hydrogen-bond donors (Lipinski definition) is 1. The minimum absolute atomic E-state index is 0.295. The Kier molecular flexibility index (Phi) is 4.26. The van der Waals surface area contributed by atoms with E-state index in [0.717, 1.165) is 28.9 Å². The fourth-order valence-corrected chi connectivity index (χ4v) is 5.63. The molecule has 6 rings (SSSR count). The average Bonchev–Trinajstić information content (AvgIpc) is 2.74. The quantitative estimate of drug-likeness (QED) is 0.646. The molecule has 0 radical (unpaired) electrons. The Balaban J connectivity index is 1.53. The van der Waals surface area contributed by atoms with E-state index in [2.05, 4.69) is 72.8 Å². The van der Waals surface area contributed by atoms with E-state index in [4.69, 9.17) is 0 Å². The van der Waals surface area contributed by atoms with Crippen LogP contribution in [0.15, 0.2) is 72.8 Å². The van der Waals surface area contributed by atoms with E-state index in [1.807, 2.05) is 0 Å². The van der Waals surface area contributed by atoms with Crippen LogP contribution in [0.4, 0.5) is 0 Å². The smallest absolute Gasteiger partial charge is 0.131 e. The lowest BCUT2D eigenvalue weighted by atomic mass is 9.76. The maximum atomic E-state index is 11.6. The van der Waals surface area contributed by atoms with Crippen LogP contribution in [0.1, 0.15) is 36.5 Å². The first kappa shape index (κ1) is 17.0. The van der Waals surface area contributed by atoms with Gasteiger partial charge in [0.15, 0.2) is 0 Å². The van der Waals surface area contributed by atoms with Gasteiger partial charge in [0, 0.05) is 12.0 Å². The van der Waals surface area contributed by atoms with Crippen molar-refractivity contribution in [3.8, 4) is 0 Å². The molecule has 3 aromatic rings. The summed E-state index contributed by atoms with van der Waals surface area (Å²) in [5.41, 5.74) is 2.50. The van der Waals surface area contributed by atoms with Gasteiger partial charge in [0.1, 0.15) is 18.7 Å². The summed E-state index contributed by atoms with van der Waals surface area (Å²) in [7, 11) is 0. The van der Waals surface area contributed by atoms with Crippen LogP contribution >= 0.6 is 0 Å². The van der Waals surface area contributed by atoms with Gasteiger partial charge in [-0.3, -0.25) is 0 Å². The molecule has 138 valence electrons. The number of aliphatic hydroxyl groups excluding tert-OH is 1. The lowest BCUT2D eigenvalue weighted by Crippen LogP contribution is -2.65. The molecular weight excluding hydrogens is 330 g/mol. The van der Waals surface area contributed by atoms with Gasteiger partial charge in [-0.25, -0.2) is 0 Å². The van der Waals surface area contributed by atoms with E-state index in [0.29, 0.717) is 6.04 Å². The average molecular weight is 359 g/mol. The molecule has 0 aromatic heterocycles. The molecule has 1 N–H and O–H groups in total. The number of benzene rings is 3. The highest BCUT2D eigenvalue weighted by atomic mass is 16.3. The van der Waals surface area contributed by atoms with Crippen LogP contribution in [0.3, 0.4) is 0 Å². The topological polar surface area (TPSA) is 20.2 Å². The summed E-state index contributed by atoms with van der Waals surface area (Å²) in [6.07, 6.45) is 3.37. The summed E-state index contributed by atoms with van der Waals surface area (Å²) < 4.78 is 1.05. The third kappa shape index (κ3) is 2.97. The molecule has 3 aliphatic rings. The first-order chi connectivity index (χ1) is 13.3. The molecule has 27 heavy (non-hydrogen) atoms. The minimum Gasteiger partial charge on any atom is -0.382 e. The molecule has 2 nitrogen and oxygen atoms in total. The van der Waals surface area contributed by atoms with Gasteiger partial charge in [0.25, 0.3) is 0 Å². The summed E-state index contributed by atoms with van der Waals surface area (Å²) >= 11 is 0. The van der Waals surface area contributed by atoms with Crippen LogP contribution in [-0.4, -0.2) is 28.7 Å². The zero-order valence-electron chi connectivity index (χ0n) is 15.8. The molecule has 0 saturated carbocycles. The molecule has 3 saturated heterocycles. The first-order valence-corrected chi connectivity index (χ1v) is 10.3. The van der Waals surface area contributed by atoms with Crippen LogP contribution in [0, 0.1) is 5.92 Å². The SMILES string of the molecule is O[C@@H](c1cccc2ccccc12)[C@H]1CC2CC[N+]1(Cc1ccccc1)CC2. The number of hydrogen-bond acceptors (Lipinski definition) is 1. The highest BCUT2D eigenvalue weighted by molar-refractivity contribution is 5.86. The van der Waals surface area contributed by atoms with Crippen LogP contribution in [0.5, 0.6) is 0 Å². The summed E-state index contributed by atoms with van der Waals surface area (Å²) in [5, 5.41) is 14.0. The van der Waals surface area contributed by atoms with Crippen molar-refractivity contribution in [1.82, 2.24) is 0 Å². The molecule has 3 aliphatic heterocycles. The number of fused-ring (bicyclic) bond motifs is 4. The third-order valence-corrected chi connectivity index (χ3v) is 7.09. The number of rotatable bonds is 4. The Morgan fingerprint density at radius 1 is 0.852 bits per heavy atom. The molecule has 2 heteroatoms. The number of quaternary nitrogens is 1. The monoisotopic (exact) mass is 358 g/mol. The highest BCUT2D eigenvalue weighted by Crippen LogP contribution is 2.45. The second-order valence-corrected chi connectivity index (χ2v) is 8.57. The predicted octanol–water partition coefficient (Wildman–Crippen LogP) is 5.07. The van der Waals surface area contributed by atoms with Crippen LogP contribution in [-0.2, 0) is 6.54 Å². The van der Waals surface area contributed by atoms with Crippen molar-refractivity contribution in [3.05, 3.63) is 83.9 Å². The summed E-state index contributed by atoms with van der Waals surface area (Å²) in [6, 6.07) is 26.0. The summed E-state index contributed by atoms with van der Waals surface area (Å²) in [4.78, 5) is 0. The van der Waals surface area contributed by atoms with Crippen molar-refractivity contribution in [2.75, 3.05) is 13.1 Å². The van der Waals surface area contributed by atoms with Crippen molar-refractivity contribution < 1.29 is 9.59 Å².